The molecule has 0 radical (unpaired) electrons. The predicted octanol–water partition coefficient (Wildman–Crippen LogP) is 5.95. The lowest BCUT2D eigenvalue weighted by molar-refractivity contribution is -0.123. The number of unbranched alkanes of at least 4 members (excludes halogenated alkanes) is 2. The van der Waals surface area contributed by atoms with E-state index in [9.17, 15) is 19.5 Å². The molecule has 0 saturated carbocycles. The first-order valence-electron chi connectivity index (χ1n) is 13.1. The normalized spacial score (nSPS) is 14.8. The van der Waals surface area contributed by atoms with E-state index in [1.165, 1.54) is 4.90 Å². The number of hydrogen-bond acceptors (Lipinski definition) is 5. The number of carbonyl (C=O) groups is 3. The number of aryl methyl sites for hydroxylation is 2. The van der Waals surface area contributed by atoms with Gasteiger partial charge in [-0.3, -0.25) is 14.6 Å². The summed E-state index contributed by atoms with van der Waals surface area (Å²) in [4.78, 5) is 46.7. The van der Waals surface area contributed by atoms with E-state index in [1.807, 2.05) is 25.3 Å². The predicted molar refractivity (Wildman–Crippen MR) is 148 cm³/mol. The Morgan fingerprint density at radius 2 is 1.79 bits per heavy atom. The average Bonchev–Trinajstić information content (AvgIpc) is 3.55. The number of thiophene rings is 1. The molecule has 0 unspecified atom stereocenters. The third kappa shape index (κ3) is 6.05. The van der Waals surface area contributed by atoms with Gasteiger partial charge in [-0.2, -0.15) is 0 Å². The number of benzene rings is 1. The Kier molecular flexibility index (Phi) is 8.78. The number of carboxylic acid groups (broad SMARTS) is 1. The number of imidazole rings is 1. The Morgan fingerprint density at radius 1 is 1.05 bits per heavy atom. The van der Waals surface area contributed by atoms with Crippen molar-refractivity contribution in [2.24, 2.45) is 0 Å². The largest absolute Gasteiger partial charge is 0.478 e. The summed E-state index contributed by atoms with van der Waals surface area (Å²) in [7, 11) is 0. The van der Waals surface area contributed by atoms with Crippen molar-refractivity contribution >= 4 is 35.3 Å². The number of rotatable bonds is 12. The second-order valence-electron chi connectivity index (χ2n) is 9.59. The van der Waals surface area contributed by atoms with E-state index in [1.54, 1.807) is 52.8 Å². The number of imide groups is 1. The van der Waals surface area contributed by atoms with Crippen LogP contribution >= 0.6 is 11.3 Å². The van der Waals surface area contributed by atoms with Crippen molar-refractivity contribution in [3.8, 4) is 0 Å². The summed E-state index contributed by atoms with van der Waals surface area (Å²) in [5, 5.41) is 11.3. The van der Waals surface area contributed by atoms with Crippen LogP contribution in [0, 0.1) is 6.92 Å². The van der Waals surface area contributed by atoms with E-state index in [0.717, 1.165) is 59.6 Å². The number of urea groups is 1. The van der Waals surface area contributed by atoms with Crippen LogP contribution in [0.4, 0.5) is 4.79 Å². The third-order valence-electron chi connectivity index (χ3n) is 6.60. The number of nitrogens with zero attached hydrogens (tertiary/aromatic N) is 4. The summed E-state index contributed by atoms with van der Waals surface area (Å²) in [6.07, 6.45) is 7.93. The lowest BCUT2D eigenvalue weighted by Crippen LogP contribution is -2.33. The lowest BCUT2D eigenvalue weighted by Gasteiger charge is -2.16. The topological polar surface area (TPSA) is 95.7 Å². The molecule has 8 nitrogen and oxygen atoms in total. The standard InChI is InChI=1S/C29H34N4O4S/c1-4-6-8-26-30-16-23(32(26)17-21-9-11-22(12-10-21)28(35)36)15-25-27(34)31(13-7-5-2)29(37)33(25)18-24-14-20(3)19-38-24/h9-12,14-16,19H,4-8,13,17-18H2,1-3H3,(H,35,36)/b25-15-. The molecule has 3 aromatic rings. The molecular formula is C29H34N4O4S. The minimum absolute atomic E-state index is 0.231. The van der Waals surface area contributed by atoms with Crippen LogP contribution in [0.5, 0.6) is 0 Å². The first-order valence-corrected chi connectivity index (χ1v) is 14.0. The molecule has 0 aliphatic carbocycles. The SMILES string of the molecule is CCCCc1ncc(/C=C2/C(=O)N(CCCC)C(=O)N2Cc2cc(C)cs2)n1Cc1ccc(C(=O)O)cc1. The molecule has 1 aromatic carbocycles. The van der Waals surface area contributed by atoms with Gasteiger partial charge in [-0.15, -0.1) is 11.3 Å². The van der Waals surface area contributed by atoms with Gasteiger partial charge in [0.2, 0.25) is 0 Å². The number of aromatic nitrogens is 2. The van der Waals surface area contributed by atoms with Crippen LogP contribution in [0.2, 0.25) is 0 Å². The van der Waals surface area contributed by atoms with Gasteiger partial charge in [0.15, 0.2) is 0 Å². The molecule has 3 amide bonds. The van der Waals surface area contributed by atoms with Crippen LogP contribution < -0.4 is 0 Å². The highest BCUT2D eigenvalue weighted by Crippen LogP contribution is 2.28. The van der Waals surface area contributed by atoms with Gasteiger partial charge in [-0.1, -0.05) is 38.8 Å². The van der Waals surface area contributed by atoms with Crippen molar-refractivity contribution in [2.45, 2.75) is 66.0 Å². The number of hydrogen-bond donors (Lipinski definition) is 1. The maximum Gasteiger partial charge on any atom is 0.335 e. The number of aromatic carboxylic acids is 1. The van der Waals surface area contributed by atoms with Crippen LogP contribution in [0.25, 0.3) is 6.08 Å². The van der Waals surface area contributed by atoms with Gasteiger partial charge >= 0.3 is 12.0 Å². The molecule has 4 rings (SSSR count). The van der Waals surface area contributed by atoms with Crippen molar-refractivity contribution in [3.05, 3.63) is 80.7 Å². The Balaban J connectivity index is 1.72. The summed E-state index contributed by atoms with van der Waals surface area (Å²) in [5.74, 6) is -0.363. The molecule has 1 fully saturated rings. The summed E-state index contributed by atoms with van der Waals surface area (Å²) >= 11 is 1.58. The fourth-order valence-corrected chi connectivity index (χ4v) is 5.32. The van der Waals surface area contributed by atoms with Gasteiger partial charge in [0, 0.05) is 24.4 Å². The molecule has 3 heterocycles. The van der Waals surface area contributed by atoms with E-state index in [4.69, 9.17) is 0 Å². The highest BCUT2D eigenvalue weighted by atomic mass is 32.1. The van der Waals surface area contributed by atoms with E-state index >= 15 is 0 Å². The Labute approximate surface area is 227 Å². The van der Waals surface area contributed by atoms with E-state index < -0.39 is 5.97 Å². The first-order chi connectivity index (χ1) is 18.3. The van der Waals surface area contributed by atoms with Crippen LogP contribution in [-0.2, 0) is 24.3 Å². The van der Waals surface area contributed by atoms with Crippen LogP contribution in [0.15, 0.2) is 47.6 Å². The van der Waals surface area contributed by atoms with Crippen molar-refractivity contribution in [1.29, 1.82) is 0 Å². The maximum absolute atomic E-state index is 13.5. The molecule has 0 atom stereocenters. The summed E-state index contributed by atoms with van der Waals surface area (Å²) in [6, 6.07) is 8.53. The zero-order valence-electron chi connectivity index (χ0n) is 22.1. The highest BCUT2D eigenvalue weighted by Gasteiger charge is 2.40. The monoisotopic (exact) mass is 534 g/mol. The quantitative estimate of drug-likeness (QED) is 0.229. The van der Waals surface area contributed by atoms with E-state index in [0.29, 0.717) is 25.3 Å². The molecule has 200 valence electrons. The number of carbonyl (C=O) groups excluding carboxylic acids is 2. The van der Waals surface area contributed by atoms with E-state index in [-0.39, 0.29) is 17.5 Å². The van der Waals surface area contributed by atoms with Crippen molar-refractivity contribution in [1.82, 2.24) is 19.4 Å². The zero-order chi connectivity index (χ0) is 27.2. The van der Waals surface area contributed by atoms with Gasteiger partial charge in [0.1, 0.15) is 11.5 Å². The summed E-state index contributed by atoms with van der Waals surface area (Å²) in [5.41, 5.74) is 3.37. The summed E-state index contributed by atoms with van der Waals surface area (Å²) in [6.45, 7) is 7.38. The number of amides is 3. The molecule has 1 N–H and O–H groups in total. The molecule has 1 aliphatic heterocycles. The minimum Gasteiger partial charge on any atom is -0.478 e. The van der Waals surface area contributed by atoms with E-state index in [2.05, 4.69) is 16.5 Å². The van der Waals surface area contributed by atoms with Gasteiger partial charge in [0.05, 0.1) is 24.0 Å². The Hall–Kier alpha value is -3.72. The van der Waals surface area contributed by atoms with Crippen LogP contribution in [-0.4, -0.2) is 48.9 Å². The smallest absolute Gasteiger partial charge is 0.335 e. The van der Waals surface area contributed by atoms with Crippen LogP contribution in [0.3, 0.4) is 0 Å². The molecule has 1 saturated heterocycles. The minimum atomic E-state index is -0.966. The van der Waals surface area contributed by atoms with Gasteiger partial charge in [-0.05, 0) is 60.5 Å². The Morgan fingerprint density at radius 3 is 2.42 bits per heavy atom. The first kappa shape index (κ1) is 27.3. The van der Waals surface area contributed by atoms with Crippen LogP contribution in [0.1, 0.15) is 77.4 Å². The van der Waals surface area contributed by atoms with Crippen molar-refractivity contribution in [3.63, 3.8) is 0 Å². The lowest BCUT2D eigenvalue weighted by atomic mass is 10.1. The highest BCUT2D eigenvalue weighted by molar-refractivity contribution is 7.10. The second-order valence-corrected chi connectivity index (χ2v) is 10.6. The van der Waals surface area contributed by atoms with Gasteiger partial charge < -0.3 is 9.67 Å². The fourth-order valence-electron chi connectivity index (χ4n) is 4.46. The summed E-state index contributed by atoms with van der Waals surface area (Å²) < 4.78 is 2.05. The molecule has 38 heavy (non-hydrogen) atoms. The second kappa shape index (κ2) is 12.2. The molecular weight excluding hydrogens is 500 g/mol. The van der Waals surface area contributed by atoms with Crippen molar-refractivity contribution in [2.75, 3.05) is 6.54 Å². The van der Waals surface area contributed by atoms with Crippen molar-refractivity contribution < 1.29 is 19.5 Å². The zero-order valence-corrected chi connectivity index (χ0v) is 23.0. The third-order valence-corrected chi connectivity index (χ3v) is 7.64. The average molecular weight is 535 g/mol. The Bertz CT molecular complexity index is 1340. The molecule has 0 bridgehead atoms. The fraction of sp³-hybridized carbons (Fsp3) is 0.379. The number of carboxylic acids is 1. The maximum atomic E-state index is 13.5. The van der Waals surface area contributed by atoms with Gasteiger partial charge in [-0.25, -0.2) is 14.6 Å². The molecule has 2 aromatic heterocycles. The molecule has 1 aliphatic rings. The van der Waals surface area contributed by atoms with Gasteiger partial charge in [0.25, 0.3) is 5.91 Å². The molecule has 9 heteroatoms. The molecule has 0 spiro atoms.